The molecule has 224 valence electrons. The van der Waals surface area contributed by atoms with Gasteiger partial charge < -0.3 is 10.8 Å². The molecule has 0 radical (unpaired) electrons. The first-order valence-electron chi connectivity index (χ1n) is 13.4. The Labute approximate surface area is 240 Å². The van der Waals surface area contributed by atoms with E-state index in [-0.39, 0.29) is 35.3 Å². The molecule has 0 aliphatic heterocycles. The minimum atomic E-state index is -5.03. The van der Waals surface area contributed by atoms with Gasteiger partial charge in [-0.3, -0.25) is 4.79 Å². The second-order valence-electron chi connectivity index (χ2n) is 10.8. The molecule has 3 N–H and O–H groups in total. The Morgan fingerprint density at radius 3 is 2.55 bits per heavy atom. The molecule has 0 spiro atoms. The molecule has 0 bridgehead atoms. The lowest BCUT2D eigenvalue weighted by Crippen LogP contribution is -2.46. The summed E-state index contributed by atoms with van der Waals surface area (Å²) in [5.74, 6) is -2.55. The van der Waals surface area contributed by atoms with Gasteiger partial charge in [-0.05, 0) is 54.7 Å². The van der Waals surface area contributed by atoms with Crippen LogP contribution in [0, 0.1) is 11.7 Å². The molecule has 3 atom stereocenters. The number of aliphatic hydroxyl groups excluding tert-OH is 1. The van der Waals surface area contributed by atoms with Gasteiger partial charge in [0.25, 0.3) is 0 Å². The first kappa shape index (κ1) is 29.9. The summed E-state index contributed by atoms with van der Waals surface area (Å²) in [5, 5.41) is 14.4. The van der Waals surface area contributed by atoms with Crippen LogP contribution < -0.4 is 5.73 Å². The molecule has 2 aliphatic rings. The number of alkyl halides is 3. The maximum atomic E-state index is 13.6. The Kier molecular flexibility index (Phi) is 8.03. The molecule has 2 aromatic carbocycles. The Morgan fingerprint density at radius 1 is 1.19 bits per heavy atom. The highest BCUT2D eigenvalue weighted by molar-refractivity contribution is 7.88. The molecule has 1 unspecified atom stereocenters. The Morgan fingerprint density at radius 2 is 1.88 bits per heavy atom. The number of nitrogens with two attached hydrogens (primary N) is 1. The number of amides is 1. The van der Waals surface area contributed by atoms with Gasteiger partial charge in [0.2, 0.25) is 15.9 Å². The van der Waals surface area contributed by atoms with Crippen molar-refractivity contribution in [2.75, 3.05) is 13.1 Å². The van der Waals surface area contributed by atoms with Crippen molar-refractivity contribution in [3.8, 4) is 5.69 Å². The van der Waals surface area contributed by atoms with Gasteiger partial charge in [0.05, 0.1) is 23.3 Å². The SMILES string of the molecule is C[C@@H]1C2=C(CC[C@H]2CN(CC(O)C(F)(F)F)S(=O)(=O)Cc2ccccc2C(N)=O)Cc2c1cnn2-c1ccc(F)cc1. The molecular weight excluding hydrogens is 576 g/mol. The molecule has 13 heteroatoms. The molecule has 42 heavy (non-hydrogen) atoms. The van der Waals surface area contributed by atoms with Gasteiger partial charge in [0.1, 0.15) is 5.82 Å². The predicted molar refractivity (Wildman–Crippen MR) is 147 cm³/mol. The average Bonchev–Trinajstić information content (AvgIpc) is 3.53. The highest BCUT2D eigenvalue weighted by Crippen LogP contribution is 2.47. The molecule has 8 nitrogen and oxygen atoms in total. The number of aliphatic hydroxyl groups is 1. The number of carbonyl (C=O) groups excluding carboxylic acids is 1. The van der Waals surface area contributed by atoms with E-state index in [2.05, 4.69) is 5.10 Å². The summed E-state index contributed by atoms with van der Waals surface area (Å²) in [4.78, 5) is 11.9. The van der Waals surface area contributed by atoms with Crippen LogP contribution in [0.1, 0.15) is 52.9 Å². The van der Waals surface area contributed by atoms with Crippen LogP contribution in [0.25, 0.3) is 5.69 Å². The molecular formula is C29H30F4N4O4S. The zero-order valence-electron chi connectivity index (χ0n) is 22.7. The molecule has 0 saturated heterocycles. The molecule has 1 heterocycles. The van der Waals surface area contributed by atoms with Crippen LogP contribution in [0.5, 0.6) is 0 Å². The average molecular weight is 607 g/mol. The van der Waals surface area contributed by atoms with Crippen LogP contribution in [0.15, 0.2) is 65.9 Å². The summed E-state index contributed by atoms with van der Waals surface area (Å²) in [6.07, 6.45) is -4.54. The third kappa shape index (κ3) is 5.86. The van der Waals surface area contributed by atoms with Crippen LogP contribution in [-0.2, 0) is 22.2 Å². The number of fused-ring (bicyclic) bond motifs is 1. The zero-order chi connectivity index (χ0) is 30.4. The number of aromatic nitrogens is 2. The fraction of sp³-hybridized carbons (Fsp3) is 0.379. The lowest BCUT2D eigenvalue weighted by Gasteiger charge is -2.32. The number of hydrogen-bond donors (Lipinski definition) is 2. The van der Waals surface area contributed by atoms with E-state index in [1.165, 1.54) is 36.4 Å². The van der Waals surface area contributed by atoms with Crippen molar-refractivity contribution >= 4 is 15.9 Å². The lowest BCUT2D eigenvalue weighted by atomic mass is 9.80. The fourth-order valence-electron chi connectivity index (χ4n) is 6.09. The number of primary amides is 1. The number of allylic oxidation sites excluding steroid dienone is 1. The third-order valence-electron chi connectivity index (χ3n) is 8.12. The van der Waals surface area contributed by atoms with Crippen LogP contribution in [0.4, 0.5) is 17.6 Å². The van der Waals surface area contributed by atoms with Crippen molar-refractivity contribution in [3.05, 3.63) is 94.1 Å². The van der Waals surface area contributed by atoms with Crippen LogP contribution in [0.3, 0.4) is 0 Å². The van der Waals surface area contributed by atoms with E-state index in [0.717, 1.165) is 22.4 Å². The number of benzene rings is 2. The van der Waals surface area contributed by atoms with Crippen molar-refractivity contribution in [1.29, 1.82) is 0 Å². The number of halogens is 4. The van der Waals surface area contributed by atoms with Gasteiger partial charge in [-0.25, -0.2) is 17.5 Å². The normalized spacial score (nSPS) is 19.6. The molecule has 0 fully saturated rings. The van der Waals surface area contributed by atoms with Gasteiger partial charge in [-0.1, -0.05) is 36.3 Å². The summed E-state index contributed by atoms with van der Waals surface area (Å²) in [6.45, 7) is 0.513. The molecule has 1 amide bonds. The predicted octanol–water partition coefficient (Wildman–Crippen LogP) is 4.23. The maximum Gasteiger partial charge on any atom is 0.415 e. The fourth-order valence-corrected chi connectivity index (χ4v) is 7.70. The molecule has 1 aromatic heterocycles. The second-order valence-corrected chi connectivity index (χ2v) is 12.7. The van der Waals surface area contributed by atoms with Gasteiger partial charge in [-0.15, -0.1) is 0 Å². The Bertz CT molecular complexity index is 1630. The van der Waals surface area contributed by atoms with E-state index in [1.54, 1.807) is 23.0 Å². The smallest absolute Gasteiger partial charge is 0.382 e. The number of rotatable bonds is 9. The molecule has 5 rings (SSSR count). The Hall–Kier alpha value is -3.55. The molecule has 3 aromatic rings. The first-order valence-corrected chi connectivity index (χ1v) is 15.0. The van der Waals surface area contributed by atoms with Gasteiger partial charge in [-0.2, -0.15) is 22.6 Å². The summed E-state index contributed by atoms with van der Waals surface area (Å²) in [5.41, 5.74) is 9.95. The Balaban J connectivity index is 1.44. The largest absolute Gasteiger partial charge is 0.415 e. The van der Waals surface area contributed by atoms with E-state index < -0.39 is 40.5 Å². The summed E-state index contributed by atoms with van der Waals surface area (Å²) < 4.78 is 83.3. The highest BCUT2D eigenvalue weighted by atomic mass is 32.2. The van der Waals surface area contributed by atoms with E-state index in [1.807, 2.05) is 6.92 Å². The molecule has 2 aliphatic carbocycles. The summed E-state index contributed by atoms with van der Waals surface area (Å²) >= 11 is 0. The van der Waals surface area contributed by atoms with Crippen molar-refractivity contribution in [1.82, 2.24) is 14.1 Å². The number of hydrogen-bond acceptors (Lipinski definition) is 5. The van der Waals surface area contributed by atoms with Gasteiger partial charge >= 0.3 is 6.18 Å². The lowest BCUT2D eigenvalue weighted by molar-refractivity contribution is -0.205. The van der Waals surface area contributed by atoms with Gasteiger partial charge in [0, 0.05) is 36.6 Å². The number of carbonyl (C=O) groups is 1. The van der Waals surface area contributed by atoms with E-state index in [9.17, 15) is 35.9 Å². The van der Waals surface area contributed by atoms with Crippen LogP contribution >= 0.6 is 0 Å². The maximum absolute atomic E-state index is 13.6. The first-order chi connectivity index (χ1) is 19.8. The third-order valence-corrected chi connectivity index (χ3v) is 9.88. The monoisotopic (exact) mass is 606 g/mol. The van der Waals surface area contributed by atoms with E-state index in [4.69, 9.17) is 5.73 Å². The van der Waals surface area contributed by atoms with Crippen molar-refractivity contribution < 1.29 is 35.9 Å². The zero-order valence-corrected chi connectivity index (χ0v) is 23.5. The summed E-state index contributed by atoms with van der Waals surface area (Å²) in [6, 6.07) is 11.7. The molecule has 0 saturated carbocycles. The number of nitrogens with zero attached hydrogens (tertiary/aromatic N) is 3. The van der Waals surface area contributed by atoms with Crippen molar-refractivity contribution in [2.45, 2.75) is 50.1 Å². The summed E-state index contributed by atoms with van der Waals surface area (Å²) in [7, 11) is -4.43. The second kappa shape index (κ2) is 11.3. The van der Waals surface area contributed by atoms with Crippen molar-refractivity contribution in [3.63, 3.8) is 0 Å². The van der Waals surface area contributed by atoms with E-state index in [0.29, 0.717) is 29.3 Å². The minimum absolute atomic E-state index is 0.0464. The van der Waals surface area contributed by atoms with Crippen LogP contribution in [-0.4, -0.2) is 58.9 Å². The van der Waals surface area contributed by atoms with Crippen molar-refractivity contribution in [2.24, 2.45) is 11.7 Å². The topological polar surface area (TPSA) is 119 Å². The highest BCUT2D eigenvalue weighted by Gasteiger charge is 2.43. The minimum Gasteiger partial charge on any atom is -0.382 e. The van der Waals surface area contributed by atoms with Gasteiger partial charge in [0.15, 0.2) is 6.10 Å². The standard InChI is InChI=1S/C29H30F4N4O4S/c1-17-24-13-35-37(22-10-8-21(30)9-11-22)25(24)12-18-6-7-19(27(17)18)14-36(15-26(38)29(31,32)33)42(40,41)16-20-4-2-3-5-23(20)28(34)39/h2-5,8-11,13,17,19,26,38H,6-7,12,14-16H2,1H3,(H2,34,39)/t17-,19-,26?/m0/s1. The number of sulfonamides is 1. The van der Waals surface area contributed by atoms with Crippen LogP contribution in [0.2, 0.25) is 0 Å². The quantitative estimate of drug-likeness (QED) is 0.279. The van der Waals surface area contributed by atoms with E-state index >= 15 is 0 Å².